The van der Waals surface area contributed by atoms with Crippen molar-refractivity contribution >= 4 is 11.5 Å². The lowest BCUT2D eigenvalue weighted by Crippen LogP contribution is -2.24. The van der Waals surface area contributed by atoms with Crippen LogP contribution in [0.4, 0.5) is 5.82 Å². The summed E-state index contributed by atoms with van der Waals surface area (Å²) in [5, 5.41) is 11.2. The zero-order chi connectivity index (χ0) is 12.4. The maximum absolute atomic E-state index is 4.24. The van der Waals surface area contributed by atoms with Crippen molar-refractivity contribution in [3.63, 3.8) is 0 Å². The summed E-state index contributed by atoms with van der Waals surface area (Å²) in [6.45, 7) is 4.22. The number of aryl methyl sites for hydroxylation is 1. The second kappa shape index (κ2) is 4.94. The number of fused-ring (bicyclic) bond motifs is 1. The smallest absolute Gasteiger partial charge is 0.157 e. The van der Waals surface area contributed by atoms with Gasteiger partial charge in [-0.2, -0.15) is 9.61 Å². The summed E-state index contributed by atoms with van der Waals surface area (Å²) in [4.78, 5) is 4.23. The number of nitrogens with zero attached hydrogens (tertiary/aromatic N) is 3. The Morgan fingerprint density at radius 1 is 1.50 bits per heavy atom. The number of pyridine rings is 1. The van der Waals surface area contributed by atoms with Crippen LogP contribution >= 0.6 is 0 Å². The number of rotatable bonds is 4. The highest BCUT2D eigenvalue weighted by atomic mass is 15.3. The van der Waals surface area contributed by atoms with Crippen LogP contribution < -0.4 is 10.6 Å². The number of nitrogens with one attached hydrogen (secondary N) is 2. The van der Waals surface area contributed by atoms with Crippen LogP contribution in [0.3, 0.4) is 0 Å². The molecule has 3 heterocycles. The Morgan fingerprint density at radius 2 is 2.44 bits per heavy atom. The Morgan fingerprint density at radius 3 is 3.28 bits per heavy atom. The van der Waals surface area contributed by atoms with E-state index in [0.717, 1.165) is 24.4 Å². The van der Waals surface area contributed by atoms with Crippen LogP contribution in [-0.2, 0) is 0 Å². The Hall–Kier alpha value is -1.62. The third kappa shape index (κ3) is 2.31. The van der Waals surface area contributed by atoms with Crippen LogP contribution in [0.1, 0.15) is 24.8 Å². The topological polar surface area (TPSA) is 54.2 Å². The monoisotopic (exact) mass is 245 g/mol. The first-order valence-corrected chi connectivity index (χ1v) is 6.60. The highest BCUT2D eigenvalue weighted by molar-refractivity contribution is 5.51. The lowest BCUT2D eigenvalue weighted by Gasteiger charge is -2.12. The average molecular weight is 245 g/mol. The molecule has 5 nitrogen and oxygen atoms in total. The summed E-state index contributed by atoms with van der Waals surface area (Å²) in [6, 6.07) is 4.83. The molecule has 0 amide bonds. The second-order valence-electron chi connectivity index (χ2n) is 4.96. The van der Waals surface area contributed by atoms with E-state index in [1.54, 1.807) is 6.33 Å². The molecule has 0 saturated carbocycles. The van der Waals surface area contributed by atoms with Crippen molar-refractivity contribution in [1.29, 1.82) is 0 Å². The van der Waals surface area contributed by atoms with Crippen molar-refractivity contribution < 1.29 is 0 Å². The number of anilines is 1. The Bertz CT molecular complexity index is 527. The molecule has 1 aliphatic rings. The Labute approximate surface area is 107 Å². The lowest BCUT2D eigenvalue weighted by atomic mass is 10.1. The molecule has 96 valence electrons. The number of hydrogen-bond acceptors (Lipinski definition) is 4. The zero-order valence-corrected chi connectivity index (χ0v) is 10.7. The maximum atomic E-state index is 4.24. The molecule has 1 fully saturated rings. The molecule has 5 heteroatoms. The third-order valence-corrected chi connectivity index (χ3v) is 3.48. The molecule has 1 atom stereocenters. The minimum Gasteiger partial charge on any atom is -0.370 e. The van der Waals surface area contributed by atoms with Gasteiger partial charge in [-0.15, -0.1) is 0 Å². The van der Waals surface area contributed by atoms with Gasteiger partial charge in [-0.05, 0) is 50.4 Å². The molecule has 0 bridgehead atoms. The van der Waals surface area contributed by atoms with Gasteiger partial charge in [0.1, 0.15) is 12.1 Å². The molecule has 0 aliphatic carbocycles. The van der Waals surface area contributed by atoms with Crippen LogP contribution in [0.15, 0.2) is 18.5 Å². The first-order chi connectivity index (χ1) is 8.83. The van der Waals surface area contributed by atoms with E-state index < -0.39 is 0 Å². The van der Waals surface area contributed by atoms with Crippen molar-refractivity contribution in [2.24, 2.45) is 0 Å². The highest BCUT2D eigenvalue weighted by Crippen LogP contribution is 2.14. The molecule has 2 N–H and O–H groups in total. The minimum atomic E-state index is 0.675. The molecule has 1 aliphatic heterocycles. The molecule has 0 radical (unpaired) electrons. The summed E-state index contributed by atoms with van der Waals surface area (Å²) in [5.74, 6) is 1.03. The van der Waals surface area contributed by atoms with E-state index in [9.17, 15) is 0 Å². The maximum Gasteiger partial charge on any atom is 0.157 e. The van der Waals surface area contributed by atoms with Gasteiger partial charge in [0.2, 0.25) is 0 Å². The molecular formula is C13H19N5. The Balaban J connectivity index is 1.67. The van der Waals surface area contributed by atoms with Crippen LogP contribution in [-0.4, -0.2) is 33.7 Å². The fourth-order valence-electron chi connectivity index (χ4n) is 2.56. The highest BCUT2D eigenvalue weighted by Gasteiger charge is 2.13. The van der Waals surface area contributed by atoms with Gasteiger partial charge in [0.15, 0.2) is 5.65 Å². The summed E-state index contributed by atoms with van der Waals surface area (Å²) in [6.07, 6.45) is 5.36. The molecule has 2 aromatic rings. The first-order valence-electron chi connectivity index (χ1n) is 6.60. The summed E-state index contributed by atoms with van der Waals surface area (Å²) in [7, 11) is 0. The zero-order valence-electron chi connectivity index (χ0n) is 10.7. The van der Waals surface area contributed by atoms with Crippen LogP contribution in [0.2, 0.25) is 0 Å². The van der Waals surface area contributed by atoms with Crippen LogP contribution in [0.5, 0.6) is 0 Å². The summed E-state index contributed by atoms with van der Waals surface area (Å²) in [5.41, 5.74) is 2.11. The minimum absolute atomic E-state index is 0.675. The molecular weight excluding hydrogens is 226 g/mol. The largest absolute Gasteiger partial charge is 0.370 e. The van der Waals surface area contributed by atoms with Gasteiger partial charge in [0.05, 0.1) is 0 Å². The van der Waals surface area contributed by atoms with Gasteiger partial charge in [-0.25, -0.2) is 4.98 Å². The molecule has 1 saturated heterocycles. The van der Waals surface area contributed by atoms with Crippen molar-refractivity contribution in [2.75, 3.05) is 18.4 Å². The molecule has 0 spiro atoms. The lowest BCUT2D eigenvalue weighted by molar-refractivity contribution is 0.573. The standard InChI is InChI=1S/C13H19N5/c1-10-7-12(18-13(8-10)16-9-17-18)15-6-4-11-3-2-5-14-11/h7-9,11,14-15H,2-6H2,1H3/t11-/m1/s1. The van der Waals surface area contributed by atoms with Crippen LogP contribution in [0, 0.1) is 6.92 Å². The second-order valence-corrected chi connectivity index (χ2v) is 4.96. The molecule has 0 unspecified atom stereocenters. The van der Waals surface area contributed by atoms with E-state index in [1.807, 2.05) is 10.6 Å². The predicted octanol–water partition coefficient (Wildman–Crippen LogP) is 1.59. The van der Waals surface area contributed by atoms with Gasteiger partial charge in [0, 0.05) is 12.6 Å². The van der Waals surface area contributed by atoms with Crippen molar-refractivity contribution in [2.45, 2.75) is 32.2 Å². The van der Waals surface area contributed by atoms with E-state index in [-0.39, 0.29) is 0 Å². The van der Waals surface area contributed by atoms with E-state index in [2.05, 4.69) is 33.7 Å². The fourth-order valence-corrected chi connectivity index (χ4v) is 2.56. The van der Waals surface area contributed by atoms with E-state index in [1.165, 1.54) is 24.9 Å². The van der Waals surface area contributed by atoms with Gasteiger partial charge < -0.3 is 10.6 Å². The van der Waals surface area contributed by atoms with Crippen molar-refractivity contribution in [3.05, 3.63) is 24.0 Å². The van der Waals surface area contributed by atoms with Gasteiger partial charge >= 0.3 is 0 Å². The first kappa shape index (κ1) is 11.5. The average Bonchev–Trinajstić information content (AvgIpc) is 2.98. The number of hydrogen-bond donors (Lipinski definition) is 2. The molecule has 3 rings (SSSR count). The quantitative estimate of drug-likeness (QED) is 0.859. The van der Waals surface area contributed by atoms with Crippen molar-refractivity contribution in [1.82, 2.24) is 19.9 Å². The summed E-state index contributed by atoms with van der Waals surface area (Å²) >= 11 is 0. The Kier molecular flexibility index (Phi) is 3.15. The van der Waals surface area contributed by atoms with Crippen LogP contribution in [0.25, 0.3) is 5.65 Å². The summed E-state index contributed by atoms with van der Waals surface area (Å²) < 4.78 is 1.86. The molecule has 0 aromatic carbocycles. The van der Waals surface area contributed by atoms with E-state index in [4.69, 9.17) is 0 Å². The third-order valence-electron chi connectivity index (χ3n) is 3.48. The van der Waals surface area contributed by atoms with Gasteiger partial charge in [-0.3, -0.25) is 0 Å². The fraction of sp³-hybridized carbons (Fsp3) is 0.538. The molecule has 18 heavy (non-hydrogen) atoms. The van der Waals surface area contributed by atoms with Crippen molar-refractivity contribution in [3.8, 4) is 0 Å². The SMILES string of the molecule is Cc1cc(NCC[C@H]2CCCN2)n2ncnc2c1. The van der Waals surface area contributed by atoms with E-state index in [0.29, 0.717) is 6.04 Å². The number of aromatic nitrogens is 3. The predicted molar refractivity (Wildman–Crippen MR) is 71.9 cm³/mol. The normalized spacial score (nSPS) is 19.5. The van der Waals surface area contributed by atoms with Gasteiger partial charge in [0.25, 0.3) is 0 Å². The van der Waals surface area contributed by atoms with Gasteiger partial charge in [-0.1, -0.05) is 0 Å². The van der Waals surface area contributed by atoms with E-state index >= 15 is 0 Å². The molecule has 2 aromatic heterocycles.